The Bertz CT molecular complexity index is 495. The predicted octanol–water partition coefficient (Wildman–Crippen LogP) is 2.58. The van der Waals surface area contributed by atoms with Crippen LogP contribution < -0.4 is 10.6 Å². The third kappa shape index (κ3) is 2.96. The highest BCUT2D eigenvalue weighted by atomic mass is 32.1. The van der Waals surface area contributed by atoms with Crippen LogP contribution in [-0.2, 0) is 4.79 Å². The number of piperidine rings is 1. The van der Waals surface area contributed by atoms with Gasteiger partial charge in [-0.3, -0.25) is 4.79 Å². The summed E-state index contributed by atoms with van der Waals surface area (Å²) < 4.78 is 0. The minimum absolute atomic E-state index is 0.000139. The van der Waals surface area contributed by atoms with Crippen LogP contribution in [0.2, 0.25) is 0 Å². The summed E-state index contributed by atoms with van der Waals surface area (Å²) in [7, 11) is 0. The molecule has 102 valence electrons. The van der Waals surface area contributed by atoms with Gasteiger partial charge in [-0.1, -0.05) is 13.8 Å². The molecular formula is C14H19N3OS. The average molecular weight is 277 g/mol. The summed E-state index contributed by atoms with van der Waals surface area (Å²) in [6.45, 7) is 5.90. The second-order valence-corrected chi connectivity index (χ2v) is 6.41. The first-order valence-corrected chi connectivity index (χ1v) is 7.43. The highest BCUT2D eigenvalue weighted by Gasteiger charge is 2.37. The van der Waals surface area contributed by atoms with Crippen molar-refractivity contribution in [2.45, 2.75) is 26.7 Å². The van der Waals surface area contributed by atoms with Crippen LogP contribution in [0.1, 0.15) is 32.3 Å². The summed E-state index contributed by atoms with van der Waals surface area (Å²) in [5.41, 5.74) is 0.111. The van der Waals surface area contributed by atoms with E-state index < -0.39 is 5.41 Å². The molecule has 1 atom stereocenters. The molecule has 1 aliphatic heterocycles. The van der Waals surface area contributed by atoms with Gasteiger partial charge in [0.25, 0.3) is 0 Å². The van der Waals surface area contributed by atoms with Gasteiger partial charge in [-0.25, -0.2) is 0 Å². The topological polar surface area (TPSA) is 64.9 Å². The molecule has 1 saturated heterocycles. The van der Waals surface area contributed by atoms with E-state index in [1.54, 1.807) is 6.07 Å². The molecule has 0 radical (unpaired) electrons. The lowest BCUT2D eigenvalue weighted by Gasteiger charge is -2.35. The number of nitriles is 1. The first kappa shape index (κ1) is 14.0. The number of nitrogens with one attached hydrogen (secondary N) is 2. The standard InChI is InChI=1S/C14H19N3OS/c1-14(2,11-4-3-6-16-9-11)13(18)17-12-10(8-15)5-7-19-12/h5,7,11,16H,3-4,6,9H2,1-2H3,(H,17,18). The van der Waals surface area contributed by atoms with Crippen molar-refractivity contribution in [1.29, 1.82) is 5.26 Å². The molecule has 5 heteroatoms. The molecule has 2 rings (SSSR count). The fourth-order valence-electron chi connectivity index (χ4n) is 2.41. The van der Waals surface area contributed by atoms with E-state index in [0.717, 1.165) is 25.9 Å². The van der Waals surface area contributed by atoms with Crippen molar-refractivity contribution >= 4 is 22.2 Å². The molecule has 2 heterocycles. The largest absolute Gasteiger partial charge is 0.316 e. The van der Waals surface area contributed by atoms with Crippen molar-refractivity contribution in [3.8, 4) is 6.07 Å². The van der Waals surface area contributed by atoms with Gasteiger partial charge in [-0.15, -0.1) is 11.3 Å². The molecule has 0 spiro atoms. The minimum Gasteiger partial charge on any atom is -0.316 e. The van der Waals surface area contributed by atoms with E-state index >= 15 is 0 Å². The van der Waals surface area contributed by atoms with Crippen molar-refractivity contribution in [3.63, 3.8) is 0 Å². The van der Waals surface area contributed by atoms with Crippen LogP contribution >= 0.6 is 11.3 Å². The molecule has 1 aromatic rings. The molecule has 2 N–H and O–H groups in total. The summed E-state index contributed by atoms with van der Waals surface area (Å²) in [5, 5.41) is 17.7. The highest BCUT2D eigenvalue weighted by molar-refractivity contribution is 7.14. The van der Waals surface area contributed by atoms with Crippen LogP contribution in [0.5, 0.6) is 0 Å². The lowest BCUT2D eigenvalue weighted by Crippen LogP contribution is -2.44. The van der Waals surface area contributed by atoms with Crippen LogP contribution in [0, 0.1) is 22.7 Å². The van der Waals surface area contributed by atoms with E-state index in [1.807, 2.05) is 19.2 Å². The first-order chi connectivity index (χ1) is 9.05. The first-order valence-electron chi connectivity index (χ1n) is 6.55. The maximum atomic E-state index is 12.5. The van der Waals surface area contributed by atoms with Gasteiger partial charge >= 0.3 is 0 Å². The van der Waals surface area contributed by atoms with Crippen molar-refractivity contribution in [3.05, 3.63) is 17.0 Å². The zero-order valence-corrected chi connectivity index (χ0v) is 12.1. The number of nitrogens with zero attached hydrogens (tertiary/aromatic N) is 1. The van der Waals surface area contributed by atoms with Gasteiger partial charge in [-0.05, 0) is 43.3 Å². The van der Waals surface area contributed by atoms with Crippen molar-refractivity contribution in [1.82, 2.24) is 5.32 Å². The van der Waals surface area contributed by atoms with Crippen LogP contribution in [0.15, 0.2) is 11.4 Å². The summed E-state index contributed by atoms with van der Waals surface area (Å²) in [6, 6.07) is 3.83. The van der Waals surface area contributed by atoms with Crippen LogP contribution in [0.4, 0.5) is 5.00 Å². The van der Waals surface area contributed by atoms with E-state index in [9.17, 15) is 4.79 Å². The number of anilines is 1. The van der Waals surface area contributed by atoms with Gasteiger partial charge in [0.1, 0.15) is 11.1 Å². The van der Waals surface area contributed by atoms with Crippen LogP contribution in [0.25, 0.3) is 0 Å². The number of amides is 1. The normalized spacial score (nSPS) is 19.7. The second-order valence-electron chi connectivity index (χ2n) is 5.49. The quantitative estimate of drug-likeness (QED) is 0.892. The molecule has 0 aliphatic carbocycles. The Morgan fingerprint density at radius 3 is 3.05 bits per heavy atom. The number of hydrogen-bond donors (Lipinski definition) is 2. The third-order valence-electron chi connectivity index (χ3n) is 3.92. The smallest absolute Gasteiger partial charge is 0.230 e. The Morgan fingerprint density at radius 2 is 2.42 bits per heavy atom. The van der Waals surface area contributed by atoms with Crippen molar-refractivity contribution in [2.75, 3.05) is 18.4 Å². The molecule has 1 unspecified atom stereocenters. The van der Waals surface area contributed by atoms with Gasteiger partial charge in [0.05, 0.1) is 5.56 Å². The Kier molecular flexibility index (Phi) is 4.23. The van der Waals surface area contributed by atoms with Gasteiger partial charge in [0.15, 0.2) is 0 Å². The van der Waals surface area contributed by atoms with Crippen molar-refractivity contribution < 1.29 is 4.79 Å². The van der Waals surface area contributed by atoms with E-state index in [1.165, 1.54) is 11.3 Å². The Hall–Kier alpha value is -1.38. The summed E-state index contributed by atoms with van der Waals surface area (Å²) in [5.74, 6) is 0.340. The molecule has 1 fully saturated rings. The summed E-state index contributed by atoms with van der Waals surface area (Å²) in [6.07, 6.45) is 2.19. The monoisotopic (exact) mass is 277 g/mol. The lowest BCUT2D eigenvalue weighted by atomic mass is 9.74. The van der Waals surface area contributed by atoms with E-state index in [2.05, 4.69) is 16.7 Å². The number of rotatable bonds is 3. The lowest BCUT2D eigenvalue weighted by molar-refractivity contribution is -0.127. The highest BCUT2D eigenvalue weighted by Crippen LogP contribution is 2.34. The maximum absolute atomic E-state index is 12.5. The second kappa shape index (κ2) is 5.72. The van der Waals surface area contributed by atoms with Gasteiger partial charge in [0, 0.05) is 5.41 Å². The molecule has 0 saturated carbocycles. The Morgan fingerprint density at radius 1 is 1.63 bits per heavy atom. The summed E-state index contributed by atoms with van der Waals surface area (Å²) >= 11 is 1.40. The number of carbonyl (C=O) groups is 1. The number of carbonyl (C=O) groups excluding carboxylic acids is 1. The van der Waals surface area contributed by atoms with Crippen LogP contribution in [-0.4, -0.2) is 19.0 Å². The molecule has 0 bridgehead atoms. The average Bonchev–Trinajstić information content (AvgIpc) is 2.87. The number of thiophene rings is 1. The molecular weight excluding hydrogens is 258 g/mol. The Labute approximate surface area is 117 Å². The Balaban J connectivity index is 2.08. The van der Waals surface area contributed by atoms with E-state index in [0.29, 0.717) is 16.5 Å². The molecule has 1 amide bonds. The van der Waals surface area contributed by atoms with Gasteiger partial charge in [-0.2, -0.15) is 5.26 Å². The fraction of sp³-hybridized carbons (Fsp3) is 0.571. The maximum Gasteiger partial charge on any atom is 0.230 e. The summed E-state index contributed by atoms with van der Waals surface area (Å²) in [4.78, 5) is 12.5. The van der Waals surface area contributed by atoms with E-state index in [4.69, 9.17) is 5.26 Å². The van der Waals surface area contributed by atoms with Gasteiger partial charge < -0.3 is 10.6 Å². The molecule has 4 nitrogen and oxygen atoms in total. The third-order valence-corrected chi connectivity index (χ3v) is 4.75. The molecule has 1 aliphatic rings. The zero-order chi connectivity index (χ0) is 13.9. The molecule has 0 aromatic carbocycles. The molecule has 1 aromatic heterocycles. The minimum atomic E-state index is -0.426. The number of hydrogen-bond acceptors (Lipinski definition) is 4. The van der Waals surface area contributed by atoms with Crippen molar-refractivity contribution in [2.24, 2.45) is 11.3 Å². The van der Waals surface area contributed by atoms with Crippen LogP contribution in [0.3, 0.4) is 0 Å². The molecule has 19 heavy (non-hydrogen) atoms. The fourth-order valence-corrected chi connectivity index (χ4v) is 3.14. The zero-order valence-electron chi connectivity index (χ0n) is 11.3. The van der Waals surface area contributed by atoms with E-state index in [-0.39, 0.29) is 5.91 Å². The van der Waals surface area contributed by atoms with Gasteiger partial charge in [0.2, 0.25) is 5.91 Å². The predicted molar refractivity (Wildman–Crippen MR) is 77.0 cm³/mol. The SMILES string of the molecule is CC(C)(C(=O)Nc1sccc1C#N)C1CCCNC1.